The molecular weight excluding hydrogens is 351 g/mol. The van der Waals surface area contributed by atoms with Crippen molar-refractivity contribution in [1.29, 1.82) is 0 Å². The van der Waals surface area contributed by atoms with Gasteiger partial charge >= 0.3 is 0 Å². The van der Waals surface area contributed by atoms with E-state index < -0.39 is 0 Å². The molecule has 0 saturated carbocycles. The van der Waals surface area contributed by atoms with E-state index in [1.54, 1.807) is 6.07 Å². The van der Waals surface area contributed by atoms with Gasteiger partial charge < -0.3 is 11.5 Å². The third-order valence-electron chi connectivity index (χ3n) is 4.48. The molecule has 0 heterocycles. The average molecular weight is 371 g/mol. The van der Waals surface area contributed by atoms with Gasteiger partial charge in [0, 0.05) is 27.3 Å². The van der Waals surface area contributed by atoms with Crippen molar-refractivity contribution < 1.29 is 0 Å². The molecule has 128 valence electrons. The minimum atomic E-state index is -0.0223. The summed E-state index contributed by atoms with van der Waals surface area (Å²) in [6.45, 7) is 4.13. The van der Waals surface area contributed by atoms with Crippen molar-refractivity contribution in [2.24, 2.45) is 0 Å². The van der Waals surface area contributed by atoms with E-state index in [0.717, 1.165) is 39.2 Å². The number of benzene rings is 3. The number of halogens is 2. The third kappa shape index (κ3) is 3.60. The molecule has 0 aliphatic rings. The van der Waals surface area contributed by atoms with Gasteiger partial charge in [0.05, 0.1) is 0 Å². The Morgan fingerprint density at radius 2 is 1.16 bits per heavy atom. The largest absolute Gasteiger partial charge is 0.399 e. The second kappa shape index (κ2) is 6.99. The maximum absolute atomic E-state index is 6.56. The summed E-state index contributed by atoms with van der Waals surface area (Å²) in [5.41, 5.74) is 18.9. The van der Waals surface area contributed by atoms with Crippen LogP contribution in [0.5, 0.6) is 0 Å². The maximum Gasteiger partial charge on any atom is 0.0462 e. The first kappa shape index (κ1) is 17.7. The number of nitrogens with two attached hydrogens (primary N) is 2. The van der Waals surface area contributed by atoms with Gasteiger partial charge in [-0.2, -0.15) is 0 Å². The van der Waals surface area contributed by atoms with E-state index in [1.165, 1.54) is 0 Å². The van der Waals surface area contributed by atoms with Gasteiger partial charge in [-0.05, 0) is 78.1 Å². The van der Waals surface area contributed by atoms with Gasteiger partial charge in [-0.3, -0.25) is 0 Å². The first-order valence-corrected chi connectivity index (χ1v) is 8.79. The van der Waals surface area contributed by atoms with Crippen molar-refractivity contribution in [3.05, 3.63) is 92.5 Å². The Kier molecular flexibility index (Phi) is 4.94. The lowest BCUT2D eigenvalue weighted by molar-refractivity contribution is 0.950. The molecule has 0 aliphatic heterocycles. The number of anilines is 2. The standard InChI is InChI=1S/C21H20Cl2N2/c1-12-9-15(24)4-7-17(12)21(18-8-5-16(25)10-13(18)2)19-6-3-14(22)11-20(19)23/h3-11,21H,24-25H2,1-2H3. The molecule has 25 heavy (non-hydrogen) atoms. The molecular formula is C21H20Cl2N2. The summed E-state index contributed by atoms with van der Waals surface area (Å²) < 4.78 is 0. The third-order valence-corrected chi connectivity index (χ3v) is 5.05. The second-order valence-electron chi connectivity index (χ2n) is 6.33. The molecule has 3 aromatic rings. The van der Waals surface area contributed by atoms with Crippen molar-refractivity contribution >= 4 is 34.6 Å². The minimum absolute atomic E-state index is 0.0223. The lowest BCUT2D eigenvalue weighted by Gasteiger charge is -2.24. The number of hydrogen-bond donors (Lipinski definition) is 2. The molecule has 3 aromatic carbocycles. The van der Waals surface area contributed by atoms with Crippen LogP contribution in [0.4, 0.5) is 11.4 Å². The van der Waals surface area contributed by atoms with Crippen molar-refractivity contribution in [3.8, 4) is 0 Å². The zero-order valence-corrected chi connectivity index (χ0v) is 15.7. The molecule has 4 N–H and O–H groups in total. The fourth-order valence-corrected chi connectivity index (χ4v) is 3.80. The highest BCUT2D eigenvalue weighted by atomic mass is 35.5. The van der Waals surface area contributed by atoms with Crippen LogP contribution < -0.4 is 11.5 Å². The smallest absolute Gasteiger partial charge is 0.0462 e. The molecule has 0 aliphatic carbocycles. The predicted octanol–water partition coefficient (Wildman–Crippen LogP) is 5.95. The Labute approximate surface area is 158 Å². The van der Waals surface area contributed by atoms with Crippen LogP contribution in [0.2, 0.25) is 10.0 Å². The van der Waals surface area contributed by atoms with Gasteiger partial charge in [0.25, 0.3) is 0 Å². The van der Waals surface area contributed by atoms with E-state index in [0.29, 0.717) is 10.0 Å². The lowest BCUT2D eigenvalue weighted by atomic mass is 9.81. The van der Waals surface area contributed by atoms with Crippen LogP contribution in [-0.2, 0) is 0 Å². The van der Waals surface area contributed by atoms with Crippen molar-refractivity contribution in [2.75, 3.05) is 11.5 Å². The highest BCUT2D eigenvalue weighted by molar-refractivity contribution is 6.35. The molecule has 0 spiro atoms. The summed E-state index contributed by atoms with van der Waals surface area (Å²) in [4.78, 5) is 0. The van der Waals surface area contributed by atoms with E-state index in [4.69, 9.17) is 34.7 Å². The molecule has 0 atom stereocenters. The molecule has 3 rings (SSSR count). The van der Waals surface area contributed by atoms with Crippen LogP contribution in [0.25, 0.3) is 0 Å². The van der Waals surface area contributed by atoms with Crippen LogP contribution in [0.15, 0.2) is 54.6 Å². The molecule has 0 bridgehead atoms. The zero-order chi connectivity index (χ0) is 18.1. The Morgan fingerprint density at radius 3 is 1.60 bits per heavy atom. The molecule has 0 amide bonds. The normalized spacial score (nSPS) is 11.1. The Balaban J connectivity index is 2.27. The SMILES string of the molecule is Cc1cc(N)ccc1C(c1ccc(N)cc1C)c1ccc(Cl)cc1Cl. The van der Waals surface area contributed by atoms with Crippen LogP contribution >= 0.6 is 23.2 Å². The van der Waals surface area contributed by atoms with E-state index in [2.05, 4.69) is 26.0 Å². The molecule has 0 saturated heterocycles. The van der Waals surface area contributed by atoms with E-state index in [9.17, 15) is 0 Å². The van der Waals surface area contributed by atoms with Crippen LogP contribution in [0.1, 0.15) is 33.7 Å². The Bertz CT molecular complexity index is 813. The topological polar surface area (TPSA) is 52.0 Å². The molecule has 0 aromatic heterocycles. The highest BCUT2D eigenvalue weighted by Crippen LogP contribution is 2.40. The van der Waals surface area contributed by atoms with Gasteiger partial charge in [0.1, 0.15) is 0 Å². The number of rotatable bonds is 3. The van der Waals surface area contributed by atoms with Gasteiger partial charge in [0.15, 0.2) is 0 Å². The summed E-state index contributed by atoms with van der Waals surface area (Å²) in [5, 5.41) is 1.26. The van der Waals surface area contributed by atoms with Gasteiger partial charge in [-0.1, -0.05) is 41.4 Å². The van der Waals surface area contributed by atoms with E-state index >= 15 is 0 Å². The van der Waals surface area contributed by atoms with Crippen molar-refractivity contribution in [2.45, 2.75) is 19.8 Å². The second-order valence-corrected chi connectivity index (χ2v) is 7.17. The quantitative estimate of drug-likeness (QED) is 0.441. The summed E-state index contributed by atoms with van der Waals surface area (Å²) >= 11 is 12.7. The molecule has 0 radical (unpaired) electrons. The van der Waals surface area contributed by atoms with Gasteiger partial charge in [-0.15, -0.1) is 0 Å². The summed E-state index contributed by atoms with van der Waals surface area (Å²) in [6.07, 6.45) is 0. The zero-order valence-electron chi connectivity index (χ0n) is 14.2. The van der Waals surface area contributed by atoms with Crippen LogP contribution in [-0.4, -0.2) is 0 Å². The van der Waals surface area contributed by atoms with E-state index in [1.807, 2.05) is 36.4 Å². The van der Waals surface area contributed by atoms with E-state index in [-0.39, 0.29) is 5.92 Å². The van der Waals surface area contributed by atoms with Gasteiger partial charge in [-0.25, -0.2) is 0 Å². The maximum atomic E-state index is 6.56. The molecule has 2 nitrogen and oxygen atoms in total. The first-order chi connectivity index (χ1) is 11.9. The highest BCUT2D eigenvalue weighted by Gasteiger charge is 2.23. The van der Waals surface area contributed by atoms with Crippen molar-refractivity contribution in [1.82, 2.24) is 0 Å². The Morgan fingerprint density at radius 1 is 0.680 bits per heavy atom. The monoisotopic (exact) mass is 370 g/mol. The predicted molar refractivity (Wildman–Crippen MR) is 109 cm³/mol. The Hall–Kier alpha value is -2.16. The average Bonchev–Trinajstić information content (AvgIpc) is 2.52. The lowest BCUT2D eigenvalue weighted by Crippen LogP contribution is -2.08. The van der Waals surface area contributed by atoms with Crippen LogP contribution in [0.3, 0.4) is 0 Å². The fraction of sp³-hybridized carbons (Fsp3) is 0.143. The molecule has 4 heteroatoms. The number of aryl methyl sites for hydroxylation is 2. The fourth-order valence-electron chi connectivity index (χ4n) is 3.28. The van der Waals surface area contributed by atoms with Crippen LogP contribution in [0, 0.1) is 13.8 Å². The van der Waals surface area contributed by atoms with Gasteiger partial charge in [0.2, 0.25) is 0 Å². The number of nitrogen functional groups attached to an aromatic ring is 2. The molecule has 0 unspecified atom stereocenters. The minimum Gasteiger partial charge on any atom is -0.399 e. The molecule has 0 fully saturated rings. The summed E-state index contributed by atoms with van der Waals surface area (Å²) in [5.74, 6) is -0.0223. The summed E-state index contributed by atoms with van der Waals surface area (Å²) in [7, 11) is 0. The summed E-state index contributed by atoms with van der Waals surface area (Å²) in [6, 6.07) is 17.6. The number of hydrogen-bond acceptors (Lipinski definition) is 2. The van der Waals surface area contributed by atoms with Crippen molar-refractivity contribution in [3.63, 3.8) is 0 Å². The first-order valence-electron chi connectivity index (χ1n) is 8.04.